The van der Waals surface area contributed by atoms with E-state index in [4.69, 9.17) is 18.7 Å². The minimum Gasteiger partial charge on any atom is -0.493 e. The number of ether oxygens (including phenoxy) is 4. The molecule has 0 saturated carbocycles. The number of anilines is 1. The molecule has 2 aromatic carbocycles. The molecule has 0 spiro atoms. The summed E-state index contributed by atoms with van der Waals surface area (Å²) in [6, 6.07) is 8.75. The van der Waals surface area contributed by atoms with Gasteiger partial charge in [0.25, 0.3) is 5.89 Å². The minimum absolute atomic E-state index is 0.0317. The standard InChI is InChI=1S/C30H34F3N3O7/c1-28(2,3)41-24(37)13-10-20-15-19-14-17(8-11-21(19)36(20)27(38)42-29(4,5)6)25-34-26(43-35-25)18-9-12-22(39-7)23(16-18)40-30(31,32)33/h8-9,11-12,14,16,20H,10,13,15H2,1-7H3. The number of rotatable bonds is 7. The molecule has 1 aliphatic rings. The van der Waals surface area contributed by atoms with E-state index in [0.29, 0.717) is 24.1 Å². The normalized spacial score (nSPS) is 15.2. The van der Waals surface area contributed by atoms with E-state index in [1.54, 1.807) is 64.6 Å². The third kappa shape index (κ3) is 8.17. The zero-order valence-corrected chi connectivity index (χ0v) is 25.0. The lowest BCUT2D eigenvalue weighted by molar-refractivity contribution is -0.275. The Morgan fingerprint density at radius 2 is 1.63 bits per heavy atom. The molecule has 10 nitrogen and oxygen atoms in total. The molecule has 3 aromatic rings. The number of methoxy groups -OCH3 is 1. The highest BCUT2D eigenvalue weighted by molar-refractivity contribution is 5.92. The number of alkyl halides is 3. The maximum Gasteiger partial charge on any atom is 0.573 e. The van der Waals surface area contributed by atoms with Crippen molar-refractivity contribution in [3.05, 3.63) is 42.0 Å². The number of esters is 1. The average molecular weight is 606 g/mol. The van der Waals surface area contributed by atoms with Gasteiger partial charge in [0.15, 0.2) is 11.5 Å². The summed E-state index contributed by atoms with van der Waals surface area (Å²) >= 11 is 0. The summed E-state index contributed by atoms with van der Waals surface area (Å²) in [7, 11) is 1.23. The molecule has 1 amide bonds. The third-order valence-electron chi connectivity index (χ3n) is 6.17. The molecule has 0 fully saturated rings. The van der Waals surface area contributed by atoms with Crippen molar-refractivity contribution in [3.8, 4) is 34.3 Å². The lowest BCUT2D eigenvalue weighted by Crippen LogP contribution is -2.41. The van der Waals surface area contributed by atoms with Gasteiger partial charge in [-0.05, 0) is 96.3 Å². The van der Waals surface area contributed by atoms with Crippen LogP contribution in [0.1, 0.15) is 59.9 Å². The first kappa shape index (κ1) is 31.6. The van der Waals surface area contributed by atoms with Crippen LogP contribution in [0.25, 0.3) is 22.8 Å². The van der Waals surface area contributed by atoms with Crippen molar-refractivity contribution in [3.63, 3.8) is 0 Å². The van der Waals surface area contributed by atoms with Gasteiger partial charge in [0, 0.05) is 23.6 Å². The van der Waals surface area contributed by atoms with Crippen LogP contribution in [0.3, 0.4) is 0 Å². The van der Waals surface area contributed by atoms with Gasteiger partial charge >= 0.3 is 18.4 Å². The van der Waals surface area contributed by atoms with Gasteiger partial charge in [0.05, 0.1) is 12.8 Å². The molecule has 1 aliphatic heterocycles. The van der Waals surface area contributed by atoms with Gasteiger partial charge in [-0.3, -0.25) is 9.69 Å². The predicted octanol–water partition coefficient (Wildman–Crippen LogP) is 7.10. The Morgan fingerprint density at radius 3 is 2.26 bits per heavy atom. The number of benzene rings is 2. The summed E-state index contributed by atoms with van der Waals surface area (Å²) in [5, 5.41) is 4.00. The van der Waals surface area contributed by atoms with Crippen LogP contribution in [0.4, 0.5) is 23.7 Å². The molecule has 1 aromatic heterocycles. The zero-order chi connectivity index (χ0) is 31.7. The van der Waals surface area contributed by atoms with Gasteiger partial charge in [-0.1, -0.05) is 5.16 Å². The molecule has 13 heteroatoms. The number of carbonyl (C=O) groups is 2. The van der Waals surface area contributed by atoms with E-state index in [2.05, 4.69) is 14.9 Å². The van der Waals surface area contributed by atoms with E-state index in [1.807, 2.05) is 0 Å². The van der Waals surface area contributed by atoms with Gasteiger partial charge in [-0.25, -0.2) is 4.79 Å². The highest BCUT2D eigenvalue weighted by Crippen LogP contribution is 2.39. The summed E-state index contributed by atoms with van der Waals surface area (Å²) in [5.41, 5.74) is 0.819. The maximum absolute atomic E-state index is 13.2. The van der Waals surface area contributed by atoms with Crippen LogP contribution in [-0.4, -0.2) is 52.9 Å². The molecule has 1 atom stereocenters. The molecular formula is C30H34F3N3O7. The smallest absolute Gasteiger partial charge is 0.493 e. The fraction of sp³-hybridized carbons (Fsp3) is 0.467. The van der Waals surface area contributed by atoms with Gasteiger partial charge in [-0.15, -0.1) is 13.2 Å². The van der Waals surface area contributed by atoms with Gasteiger partial charge in [-0.2, -0.15) is 4.98 Å². The van der Waals surface area contributed by atoms with Crippen LogP contribution in [0, 0.1) is 0 Å². The molecule has 43 heavy (non-hydrogen) atoms. The van der Waals surface area contributed by atoms with E-state index in [9.17, 15) is 22.8 Å². The number of aromatic nitrogens is 2. The number of hydrogen-bond acceptors (Lipinski definition) is 9. The number of fused-ring (bicyclic) bond motifs is 1. The topological polar surface area (TPSA) is 113 Å². The first-order valence-corrected chi connectivity index (χ1v) is 13.6. The summed E-state index contributed by atoms with van der Waals surface area (Å²) in [6.07, 6.45) is -4.56. The minimum atomic E-state index is -4.92. The predicted molar refractivity (Wildman–Crippen MR) is 150 cm³/mol. The molecule has 2 heterocycles. The third-order valence-corrected chi connectivity index (χ3v) is 6.17. The first-order valence-electron chi connectivity index (χ1n) is 13.6. The van der Waals surface area contributed by atoms with E-state index in [0.717, 1.165) is 11.6 Å². The number of carbonyl (C=O) groups excluding carboxylic acids is 2. The Bertz CT molecular complexity index is 1490. The summed E-state index contributed by atoms with van der Waals surface area (Å²) in [4.78, 5) is 31.6. The van der Waals surface area contributed by atoms with Gasteiger partial charge in [0.1, 0.15) is 11.2 Å². The van der Waals surface area contributed by atoms with Crippen molar-refractivity contribution < 1.29 is 46.2 Å². The Balaban J connectivity index is 1.60. The fourth-order valence-electron chi connectivity index (χ4n) is 4.60. The monoisotopic (exact) mass is 605 g/mol. The van der Waals surface area contributed by atoms with E-state index in [1.165, 1.54) is 19.2 Å². The van der Waals surface area contributed by atoms with Crippen LogP contribution in [-0.2, 0) is 20.7 Å². The zero-order valence-electron chi connectivity index (χ0n) is 25.0. The molecule has 1 unspecified atom stereocenters. The van der Waals surface area contributed by atoms with Crippen molar-refractivity contribution in [2.45, 2.75) is 84.4 Å². The second kappa shape index (κ2) is 11.8. The molecule has 232 valence electrons. The van der Waals surface area contributed by atoms with Crippen molar-refractivity contribution in [2.24, 2.45) is 0 Å². The van der Waals surface area contributed by atoms with Crippen molar-refractivity contribution in [1.29, 1.82) is 0 Å². The second-order valence-electron chi connectivity index (χ2n) is 12.0. The Labute approximate surface area is 247 Å². The van der Waals surface area contributed by atoms with E-state index in [-0.39, 0.29) is 41.5 Å². The molecule has 4 rings (SSSR count). The Hall–Kier alpha value is -4.29. The fourth-order valence-corrected chi connectivity index (χ4v) is 4.60. The quantitative estimate of drug-likeness (QED) is 0.260. The van der Waals surface area contributed by atoms with Gasteiger partial charge in [0.2, 0.25) is 5.82 Å². The highest BCUT2D eigenvalue weighted by atomic mass is 19.4. The highest BCUT2D eigenvalue weighted by Gasteiger charge is 2.37. The number of halogens is 3. The Morgan fingerprint density at radius 1 is 0.953 bits per heavy atom. The summed E-state index contributed by atoms with van der Waals surface area (Å²) < 4.78 is 64.1. The molecule has 0 radical (unpaired) electrons. The maximum atomic E-state index is 13.2. The molecule has 0 saturated heterocycles. The summed E-state index contributed by atoms with van der Waals surface area (Å²) in [5.74, 6) is -0.877. The second-order valence-corrected chi connectivity index (χ2v) is 12.0. The lowest BCUT2D eigenvalue weighted by atomic mass is 10.0. The number of nitrogens with zero attached hydrogens (tertiary/aromatic N) is 3. The van der Waals surface area contributed by atoms with Crippen molar-refractivity contribution >= 4 is 17.7 Å². The molecule has 0 aliphatic carbocycles. The van der Waals surface area contributed by atoms with E-state index >= 15 is 0 Å². The Kier molecular flexibility index (Phi) is 8.66. The SMILES string of the molecule is COc1ccc(-c2nc(-c3ccc4c(c3)CC(CCC(=O)OC(C)(C)C)N4C(=O)OC(C)(C)C)no2)cc1OC(F)(F)F. The molecule has 0 bridgehead atoms. The van der Waals surface area contributed by atoms with Gasteiger partial charge < -0.3 is 23.5 Å². The molecule has 0 N–H and O–H groups in total. The first-order chi connectivity index (χ1) is 19.9. The van der Waals surface area contributed by atoms with Crippen LogP contribution >= 0.6 is 0 Å². The van der Waals surface area contributed by atoms with Crippen molar-refractivity contribution in [1.82, 2.24) is 10.1 Å². The largest absolute Gasteiger partial charge is 0.573 e. The summed E-state index contributed by atoms with van der Waals surface area (Å²) in [6.45, 7) is 10.7. The number of amides is 1. The van der Waals surface area contributed by atoms with Crippen LogP contribution in [0.2, 0.25) is 0 Å². The van der Waals surface area contributed by atoms with Crippen molar-refractivity contribution in [2.75, 3.05) is 12.0 Å². The van der Waals surface area contributed by atoms with Crippen LogP contribution < -0.4 is 14.4 Å². The lowest BCUT2D eigenvalue weighted by Gasteiger charge is -2.29. The van der Waals surface area contributed by atoms with Crippen LogP contribution in [0.5, 0.6) is 11.5 Å². The molecular weight excluding hydrogens is 571 g/mol. The van der Waals surface area contributed by atoms with Crippen LogP contribution in [0.15, 0.2) is 40.9 Å². The average Bonchev–Trinajstić information content (AvgIpc) is 3.49. The number of hydrogen-bond donors (Lipinski definition) is 0. The van der Waals surface area contributed by atoms with E-state index < -0.39 is 29.4 Å².